The van der Waals surface area contributed by atoms with Gasteiger partial charge in [0, 0.05) is 57.7 Å². The van der Waals surface area contributed by atoms with E-state index >= 15 is 0 Å². The van der Waals surface area contributed by atoms with Gasteiger partial charge in [-0.25, -0.2) is 0 Å². The number of nitrogens with zero attached hydrogens (tertiary/aromatic N) is 1. The van der Waals surface area contributed by atoms with Crippen molar-refractivity contribution in [1.82, 2.24) is 4.90 Å². The van der Waals surface area contributed by atoms with Crippen LogP contribution in [0.2, 0.25) is 0 Å². The Labute approximate surface area is 109 Å². The van der Waals surface area contributed by atoms with E-state index in [2.05, 4.69) is 11.9 Å². The highest BCUT2D eigenvalue weighted by Crippen LogP contribution is 2.22. The van der Waals surface area contributed by atoms with Gasteiger partial charge in [0.1, 0.15) is 0 Å². The quantitative estimate of drug-likeness (QED) is 0.732. The van der Waals surface area contributed by atoms with Gasteiger partial charge in [-0.3, -0.25) is 0 Å². The van der Waals surface area contributed by atoms with E-state index < -0.39 is 5.60 Å². The van der Waals surface area contributed by atoms with Gasteiger partial charge in [-0.05, 0) is 13.5 Å². The number of aliphatic hydroxyl groups is 1. The van der Waals surface area contributed by atoms with Crippen LogP contribution in [0.3, 0.4) is 0 Å². The average molecular weight is 258 g/mol. The first kappa shape index (κ1) is 14.2. The molecule has 2 fully saturated rings. The fourth-order valence-corrected chi connectivity index (χ4v) is 2.88. The van der Waals surface area contributed by atoms with Crippen LogP contribution < -0.4 is 5.73 Å². The van der Waals surface area contributed by atoms with E-state index in [0.717, 1.165) is 39.0 Å². The van der Waals surface area contributed by atoms with Gasteiger partial charge in [-0.1, -0.05) is 0 Å². The van der Waals surface area contributed by atoms with E-state index in [1.807, 2.05) is 0 Å². The van der Waals surface area contributed by atoms with Crippen LogP contribution in [0.4, 0.5) is 0 Å². The Morgan fingerprint density at radius 2 is 2.00 bits per heavy atom. The van der Waals surface area contributed by atoms with Crippen LogP contribution in [0.15, 0.2) is 0 Å². The lowest BCUT2D eigenvalue weighted by Crippen LogP contribution is -2.50. The van der Waals surface area contributed by atoms with Crippen molar-refractivity contribution >= 4 is 0 Å². The minimum atomic E-state index is -0.591. The van der Waals surface area contributed by atoms with E-state index in [-0.39, 0.29) is 6.04 Å². The molecule has 0 radical (unpaired) electrons. The predicted molar refractivity (Wildman–Crippen MR) is 69.4 cm³/mol. The molecule has 3 N–H and O–H groups in total. The summed E-state index contributed by atoms with van der Waals surface area (Å²) in [5, 5.41) is 10.5. The third kappa shape index (κ3) is 3.90. The van der Waals surface area contributed by atoms with Crippen molar-refractivity contribution < 1.29 is 14.6 Å². The number of likely N-dealkylation sites (N-methyl/N-ethyl adjacent to an activating group) is 1. The van der Waals surface area contributed by atoms with Crippen molar-refractivity contribution in [1.29, 1.82) is 0 Å². The third-order valence-corrected chi connectivity index (χ3v) is 4.07. The van der Waals surface area contributed by atoms with Crippen molar-refractivity contribution in [3.05, 3.63) is 0 Å². The number of hydrogen-bond acceptors (Lipinski definition) is 5. The first-order valence-electron chi connectivity index (χ1n) is 6.91. The second kappa shape index (κ2) is 6.30. The van der Waals surface area contributed by atoms with E-state index in [4.69, 9.17) is 15.2 Å². The zero-order valence-corrected chi connectivity index (χ0v) is 11.3. The van der Waals surface area contributed by atoms with Gasteiger partial charge in [0.25, 0.3) is 0 Å². The molecule has 0 aromatic rings. The molecule has 0 spiro atoms. The van der Waals surface area contributed by atoms with Crippen molar-refractivity contribution in [3.63, 3.8) is 0 Å². The molecule has 0 aliphatic carbocycles. The SMILES string of the molecule is CN(CC1COCCC1N)CC1(O)CCOCC1. The Morgan fingerprint density at radius 1 is 1.28 bits per heavy atom. The Bertz CT molecular complexity index is 257. The average Bonchev–Trinajstić information content (AvgIpc) is 2.32. The third-order valence-electron chi connectivity index (χ3n) is 4.07. The summed E-state index contributed by atoms with van der Waals surface area (Å²) < 4.78 is 10.8. The number of nitrogens with two attached hydrogens (primary N) is 1. The lowest BCUT2D eigenvalue weighted by molar-refractivity contribution is -0.0807. The summed E-state index contributed by atoms with van der Waals surface area (Å²) in [6.45, 7) is 4.44. The summed E-state index contributed by atoms with van der Waals surface area (Å²) in [4.78, 5) is 2.19. The minimum Gasteiger partial charge on any atom is -0.388 e. The highest BCUT2D eigenvalue weighted by atomic mass is 16.5. The Balaban J connectivity index is 1.78. The van der Waals surface area contributed by atoms with E-state index in [0.29, 0.717) is 25.7 Å². The molecule has 0 amide bonds. The molecule has 2 heterocycles. The van der Waals surface area contributed by atoms with Gasteiger partial charge >= 0.3 is 0 Å². The summed E-state index contributed by atoms with van der Waals surface area (Å²) in [6.07, 6.45) is 2.39. The van der Waals surface area contributed by atoms with Crippen LogP contribution in [-0.2, 0) is 9.47 Å². The van der Waals surface area contributed by atoms with Gasteiger partial charge in [-0.2, -0.15) is 0 Å². The van der Waals surface area contributed by atoms with Gasteiger partial charge in [-0.15, -0.1) is 0 Å². The van der Waals surface area contributed by atoms with Gasteiger partial charge in [0.2, 0.25) is 0 Å². The van der Waals surface area contributed by atoms with Crippen molar-refractivity contribution in [2.24, 2.45) is 11.7 Å². The zero-order valence-electron chi connectivity index (χ0n) is 11.3. The molecule has 2 unspecified atom stereocenters. The highest BCUT2D eigenvalue weighted by molar-refractivity contribution is 4.86. The first-order valence-corrected chi connectivity index (χ1v) is 6.91. The molecule has 2 atom stereocenters. The molecular formula is C13H26N2O3. The molecule has 0 saturated carbocycles. The smallest absolute Gasteiger partial charge is 0.0817 e. The Kier molecular flexibility index (Phi) is 4.98. The Hall–Kier alpha value is -0.200. The molecule has 2 aliphatic heterocycles. The molecule has 2 rings (SSSR count). The predicted octanol–water partition coefficient (Wildman–Crippen LogP) is -0.176. The summed E-state index contributed by atoms with van der Waals surface area (Å²) in [5.74, 6) is 0.382. The van der Waals surface area contributed by atoms with Gasteiger partial charge in [0.05, 0.1) is 12.2 Å². The van der Waals surface area contributed by atoms with E-state index in [1.54, 1.807) is 0 Å². The molecular weight excluding hydrogens is 232 g/mol. The maximum absolute atomic E-state index is 10.5. The van der Waals surface area contributed by atoms with Crippen molar-refractivity contribution in [2.45, 2.75) is 30.9 Å². The lowest BCUT2D eigenvalue weighted by Gasteiger charge is -2.38. The second-order valence-corrected chi connectivity index (χ2v) is 5.82. The van der Waals surface area contributed by atoms with Gasteiger partial charge < -0.3 is 25.2 Å². The number of hydrogen-bond donors (Lipinski definition) is 2. The molecule has 106 valence electrons. The van der Waals surface area contributed by atoms with Crippen LogP contribution in [0.25, 0.3) is 0 Å². The van der Waals surface area contributed by atoms with E-state index in [1.165, 1.54) is 0 Å². The summed E-state index contributed by atoms with van der Waals surface area (Å²) in [7, 11) is 2.05. The maximum atomic E-state index is 10.5. The number of rotatable bonds is 4. The molecule has 5 nitrogen and oxygen atoms in total. The summed E-state index contributed by atoms with van der Waals surface area (Å²) in [5.41, 5.74) is 5.51. The van der Waals surface area contributed by atoms with E-state index in [9.17, 15) is 5.11 Å². The van der Waals surface area contributed by atoms with Crippen LogP contribution in [0.1, 0.15) is 19.3 Å². The molecule has 0 aromatic carbocycles. The van der Waals surface area contributed by atoms with Crippen LogP contribution in [-0.4, -0.2) is 68.2 Å². The minimum absolute atomic E-state index is 0.227. The normalized spacial score (nSPS) is 32.7. The van der Waals surface area contributed by atoms with Crippen molar-refractivity contribution in [2.75, 3.05) is 46.6 Å². The molecule has 0 aromatic heterocycles. The molecule has 2 aliphatic rings. The van der Waals surface area contributed by atoms with Crippen molar-refractivity contribution in [3.8, 4) is 0 Å². The summed E-state index contributed by atoms with van der Waals surface area (Å²) in [6, 6.07) is 0.227. The Morgan fingerprint density at radius 3 is 2.67 bits per heavy atom. The topological polar surface area (TPSA) is 68.0 Å². The van der Waals surface area contributed by atoms with Gasteiger partial charge in [0.15, 0.2) is 0 Å². The largest absolute Gasteiger partial charge is 0.388 e. The lowest BCUT2D eigenvalue weighted by atomic mass is 9.92. The molecule has 2 saturated heterocycles. The van der Waals surface area contributed by atoms with Crippen LogP contribution in [0.5, 0.6) is 0 Å². The highest BCUT2D eigenvalue weighted by Gasteiger charge is 2.32. The summed E-state index contributed by atoms with van der Waals surface area (Å²) >= 11 is 0. The first-order chi connectivity index (χ1) is 8.59. The molecule has 5 heteroatoms. The second-order valence-electron chi connectivity index (χ2n) is 5.82. The maximum Gasteiger partial charge on any atom is 0.0817 e. The monoisotopic (exact) mass is 258 g/mol. The van der Waals surface area contributed by atoms with Crippen LogP contribution in [0, 0.1) is 5.92 Å². The fourth-order valence-electron chi connectivity index (χ4n) is 2.88. The van der Waals surface area contributed by atoms with Crippen LogP contribution >= 0.6 is 0 Å². The zero-order chi connectivity index (χ0) is 13.0. The fraction of sp³-hybridized carbons (Fsp3) is 1.00. The molecule has 0 bridgehead atoms. The molecule has 18 heavy (non-hydrogen) atoms. The standard InChI is InChI=1S/C13H26N2O3/c1-15(8-11-9-18-5-2-12(11)14)10-13(16)3-6-17-7-4-13/h11-12,16H,2-10,14H2,1H3. The number of ether oxygens (including phenoxy) is 2.